The van der Waals surface area contributed by atoms with Crippen molar-refractivity contribution in [3.05, 3.63) is 0 Å². The summed E-state index contributed by atoms with van der Waals surface area (Å²) in [6, 6.07) is 0.0774. The molecule has 0 spiro atoms. The van der Waals surface area contributed by atoms with Gasteiger partial charge in [-0.1, -0.05) is 19.8 Å². The van der Waals surface area contributed by atoms with Gasteiger partial charge in [0.1, 0.15) is 0 Å². The highest BCUT2D eigenvalue weighted by Gasteiger charge is 2.31. The lowest BCUT2D eigenvalue weighted by atomic mass is 9.86. The van der Waals surface area contributed by atoms with Gasteiger partial charge in [-0.25, -0.2) is 12.7 Å². The summed E-state index contributed by atoms with van der Waals surface area (Å²) in [5.41, 5.74) is 0. The molecule has 1 rings (SSSR count). The Morgan fingerprint density at radius 2 is 1.94 bits per heavy atom. The molecule has 0 aliphatic heterocycles. The van der Waals surface area contributed by atoms with Crippen molar-refractivity contribution in [2.75, 3.05) is 12.8 Å². The van der Waals surface area contributed by atoms with Gasteiger partial charge in [-0.3, -0.25) is 4.79 Å². The smallest absolute Gasteiger partial charge is 0.303 e. The van der Waals surface area contributed by atoms with Crippen LogP contribution in [0.3, 0.4) is 0 Å². The number of hydrogen-bond donors (Lipinski definition) is 1. The molecule has 0 amide bonds. The van der Waals surface area contributed by atoms with E-state index in [4.69, 9.17) is 5.11 Å². The molecular weight excluding hydrogens is 254 g/mol. The Bertz CT molecular complexity index is 380. The Morgan fingerprint density at radius 1 is 1.33 bits per heavy atom. The van der Waals surface area contributed by atoms with E-state index in [1.165, 1.54) is 10.7 Å². The van der Waals surface area contributed by atoms with E-state index in [-0.39, 0.29) is 24.6 Å². The normalized spacial score (nSPS) is 25.3. The highest BCUT2D eigenvalue weighted by atomic mass is 32.2. The van der Waals surface area contributed by atoms with Gasteiger partial charge in [-0.2, -0.15) is 0 Å². The second-order valence-electron chi connectivity index (χ2n) is 5.16. The fraction of sp³-hybridized carbons (Fsp3) is 0.917. The second kappa shape index (κ2) is 6.52. The van der Waals surface area contributed by atoms with Crippen molar-refractivity contribution in [1.29, 1.82) is 0 Å². The first-order chi connectivity index (χ1) is 8.34. The summed E-state index contributed by atoms with van der Waals surface area (Å²) >= 11 is 0. The van der Waals surface area contributed by atoms with Crippen LogP contribution in [0.2, 0.25) is 0 Å². The first-order valence-electron chi connectivity index (χ1n) is 6.52. The Balaban J connectivity index is 2.57. The molecule has 1 aliphatic carbocycles. The van der Waals surface area contributed by atoms with Gasteiger partial charge >= 0.3 is 5.97 Å². The third kappa shape index (κ3) is 4.24. The molecule has 0 aromatic carbocycles. The van der Waals surface area contributed by atoms with Crippen molar-refractivity contribution < 1.29 is 18.3 Å². The van der Waals surface area contributed by atoms with Gasteiger partial charge in [0.25, 0.3) is 0 Å². The summed E-state index contributed by atoms with van der Waals surface area (Å²) in [5.74, 6) is -0.629. The van der Waals surface area contributed by atoms with Crippen LogP contribution in [0.25, 0.3) is 0 Å². The molecule has 2 atom stereocenters. The molecule has 1 N–H and O–H groups in total. The predicted octanol–water partition coefficient (Wildman–Crippen LogP) is 1.69. The molecule has 106 valence electrons. The summed E-state index contributed by atoms with van der Waals surface area (Å²) in [6.07, 6.45) is 4.32. The lowest BCUT2D eigenvalue weighted by Gasteiger charge is -2.35. The van der Waals surface area contributed by atoms with Crippen molar-refractivity contribution >= 4 is 16.0 Å². The summed E-state index contributed by atoms with van der Waals surface area (Å²) in [7, 11) is -1.69. The van der Waals surface area contributed by atoms with Crippen molar-refractivity contribution in [1.82, 2.24) is 4.31 Å². The van der Waals surface area contributed by atoms with Gasteiger partial charge in [0.2, 0.25) is 10.0 Å². The van der Waals surface area contributed by atoms with E-state index in [2.05, 4.69) is 6.92 Å². The number of sulfonamides is 1. The molecule has 0 saturated heterocycles. The van der Waals surface area contributed by atoms with E-state index in [1.54, 1.807) is 7.05 Å². The number of rotatable bonds is 6. The third-order valence-electron chi connectivity index (χ3n) is 3.76. The number of carbonyl (C=O) groups is 1. The number of nitrogens with zero attached hydrogens (tertiary/aromatic N) is 1. The molecule has 5 nitrogen and oxygen atoms in total. The molecule has 0 aromatic rings. The van der Waals surface area contributed by atoms with Crippen molar-refractivity contribution in [2.24, 2.45) is 5.92 Å². The maximum absolute atomic E-state index is 12.1. The van der Waals surface area contributed by atoms with Gasteiger partial charge in [0, 0.05) is 19.5 Å². The first-order valence-corrected chi connectivity index (χ1v) is 8.13. The van der Waals surface area contributed by atoms with Crippen LogP contribution in [-0.4, -0.2) is 42.6 Å². The number of carboxylic acid groups (broad SMARTS) is 1. The van der Waals surface area contributed by atoms with E-state index in [1.807, 2.05) is 0 Å². The van der Waals surface area contributed by atoms with Crippen LogP contribution in [0.15, 0.2) is 0 Å². The summed E-state index contributed by atoms with van der Waals surface area (Å²) in [6.45, 7) is 2.09. The molecule has 0 bridgehead atoms. The zero-order chi connectivity index (χ0) is 13.8. The van der Waals surface area contributed by atoms with Crippen LogP contribution < -0.4 is 0 Å². The summed E-state index contributed by atoms with van der Waals surface area (Å²) < 4.78 is 25.7. The van der Waals surface area contributed by atoms with Crippen LogP contribution in [0, 0.1) is 5.92 Å². The predicted molar refractivity (Wildman–Crippen MR) is 69.8 cm³/mol. The third-order valence-corrected chi connectivity index (χ3v) is 5.72. The highest BCUT2D eigenvalue weighted by molar-refractivity contribution is 7.89. The van der Waals surface area contributed by atoms with Gasteiger partial charge in [-0.05, 0) is 25.2 Å². The summed E-state index contributed by atoms with van der Waals surface area (Å²) in [5, 5.41) is 8.53. The molecule has 1 fully saturated rings. The van der Waals surface area contributed by atoms with Crippen LogP contribution in [0.5, 0.6) is 0 Å². The second-order valence-corrected chi connectivity index (χ2v) is 7.31. The van der Waals surface area contributed by atoms with Crippen molar-refractivity contribution in [3.63, 3.8) is 0 Å². The van der Waals surface area contributed by atoms with E-state index in [9.17, 15) is 13.2 Å². The molecular formula is C12H23NO4S. The number of hydrogen-bond acceptors (Lipinski definition) is 3. The molecule has 1 saturated carbocycles. The topological polar surface area (TPSA) is 74.7 Å². The van der Waals surface area contributed by atoms with Crippen LogP contribution in [0.4, 0.5) is 0 Å². The van der Waals surface area contributed by atoms with E-state index < -0.39 is 16.0 Å². The Morgan fingerprint density at radius 3 is 2.50 bits per heavy atom. The molecule has 0 aromatic heterocycles. The Hall–Kier alpha value is -0.620. The van der Waals surface area contributed by atoms with Gasteiger partial charge < -0.3 is 5.11 Å². The van der Waals surface area contributed by atoms with Crippen LogP contribution in [0.1, 0.15) is 45.4 Å². The number of aliphatic carboxylic acids is 1. The van der Waals surface area contributed by atoms with E-state index in [0.717, 1.165) is 19.3 Å². The average molecular weight is 277 g/mol. The molecule has 1 aliphatic rings. The standard InChI is InChI=1S/C12H23NO4S/c1-10-6-3-4-7-11(10)13(2)18(16,17)9-5-8-12(14)15/h10-11H,3-9H2,1-2H3,(H,14,15). The van der Waals surface area contributed by atoms with Crippen molar-refractivity contribution in [2.45, 2.75) is 51.5 Å². The van der Waals surface area contributed by atoms with E-state index in [0.29, 0.717) is 5.92 Å². The van der Waals surface area contributed by atoms with Crippen molar-refractivity contribution in [3.8, 4) is 0 Å². The molecule has 2 unspecified atom stereocenters. The number of carboxylic acids is 1. The van der Waals surface area contributed by atoms with Gasteiger partial charge in [-0.15, -0.1) is 0 Å². The lowest BCUT2D eigenvalue weighted by Crippen LogP contribution is -2.43. The Labute approximate surface area is 109 Å². The quantitative estimate of drug-likeness (QED) is 0.801. The SMILES string of the molecule is CC1CCCCC1N(C)S(=O)(=O)CCCC(=O)O. The monoisotopic (exact) mass is 277 g/mol. The van der Waals surface area contributed by atoms with Crippen LogP contribution >= 0.6 is 0 Å². The highest BCUT2D eigenvalue weighted by Crippen LogP contribution is 2.29. The van der Waals surface area contributed by atoms with Crippen LogP contribution in [-0.2, 0) is 14.8 Å². The van der Waals surface area contributed by atoms with Gasteiger partial charge in [0.15, 0.2) is 0 Å². The minimum absolute atomic E-state index is 0.0704. The molecule has 0 radical (unpaired) electrons. The maximum atomic E-state index is 12.1. The fourth-order valence-corrected chi connectivity index (χ4v) is 4.12. The molecule has 18 heavy (non-hydrogen) atoms. The molecule has 6 heteroatoms. The molecule has 0 heterocycles. The minimum Gasteiger partial charge on any atom is -0.481 e. The maximum Gasteiger partial charge on any atom is 0.303 e. The zero-order valence-corrected chi connectivity index (χ0v) is 11.9. The fourth-order valence-electron chi connectivity index (χ4n) is 2.59. The largest absolute Gasteiger partial charge is 0.481 e. The Kier molecular flexibility index (Phi) is 5.59. The first kappa shape index (κ1) is 15.4. The van der Waals surface area contributed by atoms with E-state index >= 15 is 0 Å². The summed E-state index contributed by atoms with van der Waals surface area (Å²) in [4.78, 5) is 10.4. The zero-order valence-electron chi connectivity index (χ0n) is 11.1. The minimum atomic E-state index is -3.32. The average Bonchev–Trinajstić information content (AvgIpc) is 2.28. The van der Waals surface area contributed by atoms with Gasteiger partial charge in [0.05, 0.1) is 5.75 Å². The lowest BCUT2D eigenvalue weighted by molar-refractivity contribution is -0.137.